The van der Waals surface area contributed by atoms with E-state index in [9.17, 15) is 14.3 Å². The minimum absolute atomic E-state index is 0. The molecule has 22 heavy (non-hydrogen) atoms. The van der Waals surface area contributed by atoms with Gasteiger partial charge in [-0.3, -0.25) is 0 Å². The van der Waals surface area contributed by atoms with Crippen LogP contribution in [0.4, 0.5) is 0 Å². The number of carbonyl (C=O) groups is 1. The van der Waals surface area contributed by atoms with Gasteiger partial charge in [-0.05, 0) is 24.6 Å². The zero-order chi connectivity index (χ0) is 16.0. The third-order valence-corrected chi connectivity index (χ3v) is 4.03. The first-order chi connectivity index (χ1) is 9.74. The van der Waals surface area contributed by atoms with Gasteiger partial charge in [0, 0.05) is 5.02 Å². The number of hydrogen-bond donors (Lipinski definition) is 1. The van der Waals surface area contributed by atoms with E-state index < -0.39 is 26.0 Å². The van der Waals surface area contributed by atoms with Gasteiger partial charge in [-0.2, -0.15) is 0 Å². The fourth-order valence-electron chi connectivity index (χ4n) is 1.45. The summed E-state index contributed by atoms with van der Waals surface area (Å²) in [5.41, 5.74) is 0. The fraction of sp³-hybridized carbons (Fsp3) is 0.417. The Hall–Kier alpha value is 0.220. The van der Waals surface area contributed by atoms with Crippen LogP contribution < -0.4 is 39.2 Å². The van der Waals surface area contributed by atoms with Gasteiger partial charge in [-0.1, -0.05) is 36.5 Å². The van der Waals surface area contributed by atoms with Gasteiger partial charge in [0.05, 0.1) is 5.02 Å². The Kier molecular flexibility index (Phi) is 10.3. The van der Waals surface area contributed by atoms with E-state index in [0.717, 1.165) is 0 Å². The van der Waals surface area contributed by atoms with Gasteiger partial charge in [0.15, 0.2) is 20.0 Å². The molecule has 0 saturated heterocycles. The fourth-order valence-corrected chi connectivity index (χ4v) is 2.75. The van der Waals surface area contributed by atoms with Crippen LogP contribution in [0, 0.1) is 0 Å². The van der Waals surface area contributed by atoms with E-state index in [-0.39, 0.29) is 46.8 Å². The minimum Gasteiger partial charge on any atom is -0.776 e. The Morgan fingerprint density at radius 1 is 1.45 bits per heavy atom. The molecule has 1 aromatic carbocycles. The monoisotopic (exact) mass is 378 g/mol. The van der Waals surface area contributed by atoms with E-state index in [1.54, 1.807) is 6.92 Å². The predicted octanol–water partition coefficient (Wildman–Crippen LogP) is -0.409. The number of halogens is 2. The van der Waals surface area contributed by atoms with Gasteiger partial charge in [-0.25, -0.2) is 4.79 Å². The molecule has 0 radical (unpaired) electrons. The van der Waals surface area contributed by atoms with Crippen LogP contribution in [0.15, 0.2) is 18.2 Å². The Morgan fingerprint density at radius 2 is 2.09 bits per heavy atom. The van der Waals surface area contributed by atoms with Crippen molar-refractivity contribution in [2.75, 3.05) is 6.61 Å². The summed E-state index contributed by atoms with van der Waals surface area (Å²) < 4.78 is 20.8. The van der Waals surface area contributed by atoms with Crippen LogP contribution in [0.1, 0.15) is 19.8 Å². The molecule has 1 aromatic rings. The number of hydrogen-bond acceptors (Lipinski definition) is 5. The summed E-state index contributed by atoms with van der Waals surface area (Å²) in [6.07, 6.45) is 0.430. The smallest absolute Gasteiger partial charge is 0.776 e. The molecule has 1 N–H and O–H groups in total. The molecule has 0 amide bonds. The Balaban J connectivity index is 0.00000441. The summed E-state index contributed by atoms with van der Waals surface area (Å²) in [4.78, 5) is 31.6. The van der Waals surface area contributed by atoms with Gasteiger partial charge >= 0.3 is 35.5 Å². The van der Waals surface area contributed by atoms with Crippen LogP contribution in [-0.4, -0.2) is 23.3 Å². The molecule has 0 heterocycles. The maximum Gasteiger partial charge on any atom is 1.00 e. The molecule has 10 heteroatoms. The number of benzene rings is 1. The van der Waals surface area contributed by atoms with Crippen LogP contribution in [0.2, 0.25) is 10.0 Å². The van der Waals surface area contributed by atoms with Gasteiger partial charge in [-0.15, -0.1) is 0 Å². The van der Waals surface area contributed by atoms with Crippen molar-refractivity contribution < 1.29 is 58.2 Å². The number of rotatable bonds is 7. The Labute approximate surface area is 160 Å². The molecule has 2 atom stereocenters. The van der Waals surface area contributed by atoms with Crippen LogP contribution in [0.25, 0.3) is 0 Å². The molecule has 0 fully saturated rings. The molecule has 0 aliphatic rings. The SMILES string of the molecule is CCCC(OC(=O)COc1ccc(Cl)cc1Cl)P(=O)([O-])O.[Na+]. The maximum absolute atomic E-state index is 11.5. The second-order valence-corrected chi connectivity index (χ2v) is 6.71. The summed E-state index contributed by atoms with van der Waals surface area (Å²) in [5, 5.41) is 0.613. The quantitative estimate of drug-likeness (QED) is 0.393. The Morgan fingerprint density at radius 3 is 2.59 bits per heavy atom. The maximum atomic E-state index is 11.5. The first kappa shape index (κ1) is 22.2. The van der Waals surface area contributed by atoms with Crippen LogP contribution in [0.3, 0.4) is 0 Å². The molecule has 0 bridgehead atoms. The van der Waals surface area contributed by atoms with Gasteiger partial charge in [0.25, 0.3) is 0 Å². The molecule has 1 rings (SSSR count). The largest absolute Gasteiger partial charge is 1.00 e. The second-order valence-electron chi connectivity index (χ2n) is 4.16. The van der Waals surface area contributed by atoms with Crippen molar-refractivity contribution in [3.05, 3.63) is 28.2 Å². The average molecular weight is 379 g/mol. The number of ether oxygens (including phenoxy) is 2. The van der Waals surface area contributed by atoms with Gasteiger partial charge in [0.1, 0.15) is 5.75 Å². The first-order valence-corrected chi connectivity index (χ1v) is 8.45. The van der Waals surface area contributed by atoms with Gasteiger partial charge in [0.2, 0.25) is 0 Å². The summed E-state index contributed by atoms with van der Waals surface area (Å²) in [6, 6.07) is 4.42. The summed E-state index contributed by atoms with van der Waals surface area (Å²) in [6.45, 7) is 1.15. The molecule has 6 nitrogen and oxygen atoms in total. The van der Waals surface area contributed by atoms with E-state index in [2.05, 4.69) is 4.74 Å². The van der Waals surface area contributed by atoms with E-state index in [4.69, 9.17) is 32.8 Å². The predicted molar refractivity (Wildman–Crippen MR) is 76.6 cm³/mol. The zero-order valence-corrected chi connectivity index (χ0v) is 16.5. The second kappa shape index (κ2) is 10.2. The molecular weight excluding hydrogens is 365 g/mol. The molecule has 0 aromatic heterocycles. The first-order valence-electron chi connectivity index (χ1n) is 6.05. The van der Waals surface area contributed by atoms with Crippen molar-refractivity contribution in [3.63, 3.8) is 0 Å². The number of esters is 1. The molecule has 0 aliphatic heterocycles. The van der Waals surface area contributed by atoms with Crippen LogP contribution in [-0.2, 0) is 14.1 Å². The normalized spacial score (nSPS) is 14.4. The standard InChI is InChI=1S/C12H15Cl2O6P.Na/c1-2-3-12(21(16,17)18)20-11(15)7-19-10-5-4-8(13)6-9(10)14;/h4-6,12H,2-3,7H2,1H3,(H2,16,17,18);/q;+1/p-1. The molecule has 0 aliphatic carbocycles. The van der Waals surface area contributed by atoms with Crippen molar-refractivity contribution in [1.82, 2.24) is 0 Å². The number of carbonyl (C=O) groups excluding carboxylic acids is 1. The van der Waals surface area contributed by atoms with E-state index in [1.807, 2.05) is 0 Å². The van der Waals surface area contributed by atoms with E-state index >= 15 is 0 Å². The molecule has 0 saturated carbocycles. The van der Waals surface area contributed by atoms with E-state index in [1.165, 1.54) is 18.2 Å². The third-order valence-electron chi connectivity index (χ3n) is 2.41. The van der Waals surface area contributed by atoms with E-state index in [0.29, 0.717) is 11.4 Å². The topological polar surface area (TPSA) is 95.9 Å². The summed E-state index contributed by atoms with van der Waals surface area (Å²) >= 11 is 11.6. The molecule has 118 valence electrons. The Bertz CT molecular complexity index is 550. The van der Waals surface area contributed by atoms with Gasteiger partial charge < -0.3 is 23.8 Å². The van der Waals surface area contributed by atoms with Crippen LogP contribution in [0.5, 0.6) is 5.75 Å². The van der Waals surface area contributed by atoms with Crippen molar-refractivity contribution in [1.29, 1.82) is 0 Å². The summed E-state index contributed by atoms with van der Waals surface area (Å²) in [7, 11) is -4.75. The van der Waals surface area contributed by atoms with Crippen molar-refractivity contribution >= 4 is 36.8 Å². The summed E-state index contributed by atoms with van der Waals surface area (Å²) in [5.74, 6) is -2.29. The molecular formula is C12H14Cl2NaO6P. The molecule has 0 spiro atoms. The van der Waals surface area contributed by atoms with Crippen LogP contribution >= 0.6 is 30.8 Å². The molecule has 2 unspecified atom stereocenters. The zero-order valence-electron chi connectivity index (χ0n) is 12.1. The third kappa shape index (κ3) is 7.66. The van der Waals surface area contributed by atoms with Crippen molar-refractivity contribution in [2.24, 2.45) is 0 Å². The van der Waals surface area contributed by atoms with Crippen molar-refractivity contribution in [2.45, 2.75) is 25.6 Å². The average Bonchev–Trinajstić information content (AvgIpc) is 2.36. The van der Waals surface area contributed by atoms with Crippen molar-refractivity contribution in [3.8, 4) is 5.75 Å². The minimum atomic E-state index is -4.75.